The minimum absolute atomic E-state index is 0.102. The second kappa shape index (κ2) is 2.34. The van der Waals surface area contributed by atoms with Crippen LogP contribution >= 0.6 is 0 Å². The zero-order chi connectivity index (χ0) is 8.55. The van der Waals surface area contributed by atoms with Gasteiger partial charge in [0.15, 0.2) is 5.82 Å². The van der Waals surface area contributed by atoms with Crippen LogP contribution in [0.15, 0.2) is 29.1 Å². The van der Waals surface area contributed by atoms with Gasteiger partial charge in [-0.2, -0.15) is 5.10 Å². The van der Waals surface area contributed by atoms with E-state index in [0.29, 0.717) is 10.8 Å². The Bertz CT molecular complexity index is 475. The number of rotatable bonds is 0. The zero-order valence-electron chi connectivity index (χ0n) is 6.16. The van der Waals surface area contributed by atoms with Gasteiger partial charge in [0, 0.05) is 5.39 Å². The van der Waals surface area contributed by atoms with Gasteiger partial charge in [0.05, 0.1) is 5.39 Å². The Labute approximate surface area is 68.0 Å². The minimum atomic E-state index is -0.249. The van der Waals surface area contributed by atoms with Crippen molar-refractivity contribution in [2.24, 2.45) is 0 Å². The lowest BCUT2D eigenvalue weighted by Crippen LogP contribution is -2.08. The third-order valence-electron chi connectivity index (χ3n) is 1.70. The van der Waals surface area contributed by atoms with Gasteiger partial charge in [0.2, 0.25) is 0 Å². The third kappa shape index (κ3) is 0.852. The van der Waals surface area contributed by atoms with Gasteiger partial charge in [-0.05, 0) is 6.07 Å². The van der Waals surface area contributed by atoms with Crippen LogP contribution in [-0.2, 0) is 0 Å². The summed E-state index contributed by atoms with van der Waals surface area (Å²) in [5.41, 5.74) is 7.13. The van der Waals surface area contributed by atoms with Crippen molar-refractivity contribution in [1.29, 1.82) is 0 Å². The molecule has 0 aliphatic rings. The fourth-order valence-electron chi connectivity index (χ4n) is 1.11. The Morgan fingerprint density at radius 3 is 2.58 bits per heavy atom. The topological polar surface area (TPSA) is 69.5 Å². The molecule has 0 saturated heterocycles. The average molecular weight is 160 g/mol. The first kappa shape index (κ1) is 6.84. The van der Waals surface area contributed by atoms with E-state index >= 15 is 0 Å². The third-order valence-corrected chi connectivity index (χ3v) is 1.70. The van der Waals surface area contributed by atoms with Crippen molar-refractivity contribution in [3.05, 3.63) is 34.6 Å². The van der Waals surface area contributed by atoms with E-state index in [2.05, 4.69) is 10.2 Å². The average Bonchev–Trinajstić information content (AvgIpc) is 2.12. The maximum Gasteiger partial charge on any atom is 0.272 e. The highest BCUT2D eigenvalue weighted by Crippen LogP contribution is 2.13. The predicted molar refractivity (Wildman–Crippen MR) is 45.1 cm³/mol. The number of nitrogens with zero attached hydrogens (tertiary/aromatic N) is 1. The minimum Gasteiger partial charge on any atom is -0.281 e. The highest BCUT2D eigenvalue weighted by Gasteiger charge is 2.00. The Kier molecular flexibility index (Phi) is 1.33. The molecule has 1 radical (unpaired) electrons. The number of benzene rings is 1. The molecule has 59 valence electrons. The van der Waals surface area contributed by atoms with Crippen molar-refractivity contribution in [3.63, 3.8) is 0 Å². The van der Waals surface area contributed by atoms with E-state index in [1.54, 1.807) is 24.3 Å². The molecule has 0 fully saturated rings. The van der Waals surface area contributed by atoms with Crippen LogP contribution < -0.4 is 11.3 Å². The molecular formula is C8H6N3O. The number of hydrogen-bond donors (Lipinski definition) is 1. The molecule has 0 atom stereocenters. The van der Waals surface area contributed by atoms with Crippen LogP contribution in [0.2, 0.25) is 0 Å². The van der Waals surface area contributed by atoms with Gasteiger partial charge in [-0.1, -0.05) is 18.2 Å². The molecular weight excluding hydrogens is 154 g/mol. The van der Waals surface area contributed by atoms with Gasteiger partial charge in [-0.15, -0.1) is 0 Å². The number of fused-ring (bicyclic) bond motifs is 1. The Balaban J connectivity index is 3.05. The van der Waals surface area contributed by atoms with Crippen LogP contribution in [-0.4, -0.2) is 10.2 Å². The molecule has 4 heteroatoms. The fraction of sp³-hybridized carbons (Fsp3) is 0. The van der Waals surface area contributed by atoms with E-state index in [0.717, 1.165) is 0 Å². The SMILES string of the molecule is [NH]c1n[nH]c(=O)c2ccccc12. The van der Waals surface area contributed by atoms with Gasteiger partial charge in [0.1, 0.15) is 0 Å². The largest absolute Gasteiger partial charge is 0.281 e. The Morgan fingerprint density at radius 1 is 1.25 bits per heavy atom. The van der Waals surface area contributed by atoms with Crippen molar-refractivity contribution in [1.82, 2.24) is 15.9 Å². The monoisotopic (exact) mass is 160 g/mol. The molecule has 4 nitrogen and oxygen atoms in total. The maximum atomic E-state index is 11.1. The summed E-state index contributed by atoms with van der Waals surface area (Å²) in [6.45, 7) is 0. The fourth-order valence-corrected chi connectivity index (χ4v) is 1.11. The Hall–Kier alpha value is -1.84. The second-order valence-electron chi connectivity index (χ2n) is 2.45. The summed E-state index contributed by atoms with van der Waals surface area (Å²) < 4.78 is 0. The molecule has 0 spiro atoms. The van der Waals surface area contributed by atoms with E-state index in [4.69, 9.17) is 5.73 Å². The van der Waals surface area contributed by atoms with Gasteiger partial charge < -0.3 is 0 Å². The summed E-state index contributed by atoms with van der Waals surface area (Å²) in [4.78, 5) is 11.1. The van der Waals surface area contributed by atoms with Gasteiger partial charge >= 0.3 is 0 Å². The summed E-state index contributed by atoms with van der Waals surface area (Å²) in [5, 5.41) is 6.88. The number of aromatic nitrogens is 2. The van der Waals surface area contributed by atoms with Crippen LogP contribution in [0.3, 0.4) is 0 Å². The van der Waals surface area contributed by atoms with Crippen molar-refractivity contribution >= 4 is 16.6 Å². The van der Waals surface area contributed by atoms with Crippen LogP contribution in [0.4, 0.5) is 5.82 Å². The number of aromatic amines is 1. The maximum absolute atomic E-state index is 11.1. The highest BCUT2D eigenvalue weighted by molar-refractivity contribution is 5.88. The molecule has 2 N–H and O–H groups in total. The van der Waals surface area contributed by atoms with Crippen LogP contribution in [0.5, 0.6) is 0 Å². The van der Waals surface area contributed by atoms with Crippen molar-refractivity contribution in [2.45, 2.75) is 0 Å². The molecule has 1 aromatic heterocycles. The first-order valence-corrected chi connectivity index (χ1v) is 3.48. The molecule has 0 amide bonds. The van der Waals surface area contributed by atoms with E-state index < -0.39 is 0 Å². The molecule has 12 heavy (non-hydrogen) atoms. The van der Waals surface area contributed by atoms with Crippen LogP contribution in [0, 0.1) is 0 Å². The van der Waals surface area contributed by atoms with Gasteiger partial charge in [-0.3, -0.25) is 10.5 Å². The highest BCUT2D eigenvalue weighted by atomic mass is 16.1. The van der Waals surface area contributed by atoms with Gasteiger partial charge in [-0.25, -0.2) is 5.10 Å². The summed E-state index contributed by atoms with van der Waals surface area (Å²) in [7, 11) is 0. The normalized spacial score (nSPS) is 10.3. The predicted octanol–water partition coefficient (Wildman–Crippen LogP) is 0.837. The summed E-state index contributed by atoms with van der Waals surface area (Å²) in [6, 6.07) is 6.92. The molecule has 0 saturated carbocycles. The molecule has 0 aliphatic carbocycles. The zero-order valence-corrected chi connectivity index (χ0v) is 6.16. The smallest absolute Gasteiger partial charge is 0.272 e. The lowest BCUT2D eigenvalue weighted by atomic mass is 10.2. The quantitative estimate of drug-likeness (QED) is 0.620. The van der Waals surface area contributed by atoms with Crippen molar-refractivity contribution in [2.75, 3.05) is 0 Å². The summed E-state index contributed by atoms with van der Waals surface area (Å²) in [6.07, 6.45) is 0. The molecule has 1 heterocycles. The van der Waals surface area contributed by atoms with Crippen molar-refractivity contribution in [3.8, 4) is 0 Å². The molecule has 1 aromatic carbocycles. The lowest BCUT2D eigenvalue weighted by Gasteiger charge is -1.96. The van der Waals surface area contributed by atoms with E-state index in [1.165, 1.54) is 0 Å². The lowest BCUT2D eigenvalue weighted by molar-refractivity contribution is 1.000. The van der Waals surface area contributed by atoms with Crippen LogP contribution in [0.1, 0.15) is 0 Å². The molecule has 0 bridgehead atoms. The van der Waals surface area contributed by atoms with E-state index in [9.17, 15) is 4.79 Å². The molecule has 0 aliphatic heterocycles. The van der Waals surface area contributed by atoms with Crippen molar-refractivity contribution < 1.29 is 0 Å². The summed E-state index contributed by atoms with van der Waals surface area (Å²) in [5.74, 6) is 0.102. The Morgan fingerprint density at radius 2 is 1.92 bits per heavy atom. The number of H-pyrrole nitrogens is 1. The molecule has 2 aromatic rings. The molecule has 2 rings (SSSR count). The number of hydrogen-bond acceptors (Lipinski definition) is 2. The van der Waals surface area contributed by atoms with Gasteiger partial charge in [0.25, 0.3) is 5.56 Å². The van der Waals surface area contributed by atoms with E-state index in [-0.39, 0.29) is 11.4 Å². The first-order valence-electron chi connectivity index (χ1n) is 3.48. The first-order chi connectivity index (χ1) is 5.79. The number of nitrogens with one attached hydrogen (secondary N) is 2. The summed E-state index contributed by atoms with van der Waals surface area (Å²) >= 11 is 0. The molecule has 0 unspecified atom stereocenters. The van der Waals surface area contributed by atoms with Crippen LogP contribution in [0.25, 0.3) is 10.8 Å². The standard InChI is InChI=1S/C8H6N3O/c9-7-5-3-1-2-4-6(5)8(12)11-10-7/h1-4,9H,(H,11,12). The second-order valence-corrected chi connectivity index (χ2v) is 2.45. The van der Waals surface area contributed by atoms with E-state index in [1.807, 2.05) is 0 Å².